The molecule has 1 aliphatic carbocycles. The van der Waals surface area contributed by atoms with E-state index in [1.54, 1.807) is 0 Å². The van der Waals surface area contributed by atoms with Crippen molar-refractivity contribution in [1.82, 2.24) is 0 Å². The Morgan fingerprint density at radius 1 is 1.73 bits per heavy atom. The monoisotopic (exact) mass is 220 g/mol. The molecule has 2 nitrogen and oxygen atoms in total. The first-order valence-corrected chi connectivity index (χ1v) is 4.98. The van der Waals surface area contributed by atoms with E-state index in [1.807, 2.05) is 6.92 Å². The first kappa shape index (κ1) is 9.04. The third kappa shape index (κ3) is 2.19. The van der Waals surface area contributed by atoms with Crippen molar-refractivity contribution in [2.24, 2.45) is 5.92 Å². The molecule has 1 rings (SSSR count). The van der Waals surface area contributed by atoms with E-state index in [4.69, 9.17) is 4.74 Å². The number of ether oxygens (including phenoxy) is 1. The second kappa shape index (κ2) is 4.10. The van der Waals surface area contributed by atoms with Gasteiger partial charge in [0.05, 0.1) is 6.61 Å². The first-order valence-electron chi connectivity index (χ1n) is 4.06. The van der Waals surface area contributed by atoms with Crippen LogP contribution in [-0.4, -0.2) is 17.4 Å². The van der Waals surface area contributed by atoms with E-state index in [2.05, 4.69) is 15.9 Å². The minimum atomic E-state index is -0.0998. The molecule has 0 aliphatic heterocycles. The van der Waals surface area contributed by atoms with Crippen molar-refractivity contribution >= 4 is 21.9 Å². The van der Waals surface area contributed by atoms with E-state index >= 15 is 0 Å². The Labute approximate surface area is 75.4 Å². The van der Waals surface area contributed by atoms with Crippen molar-refractivity contribution < 1.29 is 9.53 Å². The highest BCUT2D eigenvalue weighted by atomic mass is 79.9. The van der Waals surface area contributed by atoms with Gasteiger partial charge in [-0.1, -0.05) is 22.4 Å². The maximum atomic E-state index is 11.1. The Bertz CT molecular complexity index is 143. The zero-order valence-corrected chi connectivity index (χ0v) is 8.26. The van der Waals surface area contributed by atoms with Gasteiger partial charge in [-0.15, -0.1) is 0 Å². The third-order valence-electron chi connectivity index (χ3n) is 2.08. The summed E-state index contributed by atoms with van der Waals surface area (Å²) in [7, 11) is 0. The van der Waals surface area contributed by atoms with Gasteiger partial charge in [0.1, 0.15) is 4.83 Å². The van der Waals surface area contributed by atoms with Crippen molar-refractivity contribution in [3.8, 4) is 0 Å². The van der Waals surface area contributed by atoms with Crippen molar-refractivity contribution in [2.75, 3.05) is 6.61 Å². The summed E-state index contributed by atoms with van der Waals surface area (Å²) in [6, 6.07) is 0. The molecule has 0 bridgehead atoms. The summed E-state index contributed by atoms with van der Waals surface area (Å²) in [4.78, 5) is 11.0. The minimum Gasteiger partial charge on any atom is -0.465 e. The van der Waals surface area contributed by atoms with Crippen LogP contribution in [0.15, 0.2) is 0 Å². The average molecular weight is 221 g/mol. The molecule has 1 atom stereocenters. The fraction of sp³-hybridized carbons (Fsp3) is 0.875. The largest absolute Gasteiger partial charge is 0.465 e. The molecule has 0 unspecified atom stereocenters. The van der Waals surface area contributed by atoms with Crippen LogP contribution in [-0.2, 0) is 9.53 Å². The van der Waals surface area contributed by atoms with Crippen LogP contribution in [0.1, 0.15) is 26.2 Å². The Morgan fingerprint density at radius 2 is 2.36 bits per heavy atom. The fourth-order valence-electron chi connectivity index (χ4n) is 1.15. The van der Waals surface area contributed by atoms with Gasteiger partial charge in [-0.05, 0) is 25.7 Å². The molecule has 1 aliphatic rings. The van der Waals surface area contributed by atoms with Crippen molar-refractivity contribution in [3.63, 3.8) is 0 Å². The van der Waals surface area contributed by atoms with Crippen LogP contribution in [0.2, 0.25) is 0 Å². The maximum absolute atomic E-state index is 11.1. The summed E-state index contributed by atoms with van der Waals surface area (Å²) >= 11 is 3.35. The summed E-state index contributed by atoms with van der Waals surface area (Å²) in [5, 5.41) is 0. The maximum Gasteiger partial charge on any atom is 0.319 e. The molecule has 0 aromatic rings. The second-order valence-corrected chi connectivity index (χ2v) is 3.83. The quantitative estimate of drug-likeness (QED) is 0.539. The number of alkyl halides is 1. The molecule has 0 N–H and O–H groups in total. The Balaban J connectivity index is 2.27. The van der Waals surface area contributed by atoms with Gasteiger partial charge in [-0.2, -0.15) is 0 Å². The Morgan fingerprint density at radius 3 is 2.73 bits per heavy atom. The number of carbonyl (C=O) groups excluding carboxylic acids is 1. The van der Waals surface area contributed by atoms with E-state index in [0.29, 0.717) is 12.5 Å². The highest BCUT2D eigenvalue weighted by Gasteiger charge is 2.31. The molecule has 0 aromatic carbocycles. The molecular weight excluding hydrogens is 208 g/mol. The lowest BCUT2D eigenvalue weighted by molar-refractivity contribution is -0.143. The molecule has 64 valence electrons. The molecule has 1 saturated carbocycles. The SMILES string of the molecule is CCOC(=O)[C@@H](Br)C1CCC1. The topological polar surface area (TPSA) is 26.3 Å². The van der Waals surface area contributed by atoms with Crippen LogP contribution in [0.5, 0.6) is 0 Å². The molecule has 1 fully saturated rings. The van der Waals surface area contributed by atoms with Gasteiger partial charge >= 0.3 is 5.97 Å². The van der Waals surface area contributed by atoms with E-state index in [1.165, 1.54) is 6.42 Å². The summed E-state index contributed by atoms with van der Waals surface area (Å²) in [6.07, 6.45) is 3.58. The second-order valence-electron chi connectivity index (χ2n) is 2.84. The zero-order valence-electron chi connectivity index (χ0n) is 6.68. The molecule has 0 amide bonds. The number of rotatable bonds is 3. The van der Waals surface area contributed by atoms with Crippen LogP contribution in [0, 0.1) is 5.92 Å². The normalized spacial score (nSPS) is 20.5. The summed E-state index contributed by atoms with van der Waals surface area (Å²) in [5.74, 6) is 0.422. The molecule has 0 heterocycles. The standard InChI is InChI=1S/C8H13BrO2/c1-2-11-8(10)7(9)6-4-3-5-6/h6-7H,2-5H2,1H3/t7-/m0/s1. The van der Waals surface area contributed by atoms with Gasteiger partial charge in [-0.3, -0.25) is 4.79 Å². The number of carbonyl (C=O) groups is 1. The lowest BCUT2D eigenvalue weighted by Gasteiger charge is -2.28. The molecule has 0 saturated heterocycles. The molecule has 0 radical (unpaired) electrons. The smallest absolute Gasteiger partial charge is 0.319 e. The van der Waals surface area contributed by atoms with Gasteiger partial charge in [0, 0.05) is 0 Å². The predicted octanol–water partition coefficient (Wildman–Crippen LogP) is 2.11. The van der Waals surface area contributed by atoms with Crippen LogP contribution >= 0.6 is 15.9 Å². The van der Waals surface area contributed by atoms with E-state index < -0.39 is 0 Å². The van der Waals surface area contributed by atoms with Gasteiger partial charge in [0.2, 0.25) is 0 Å². The van der Waals surface area contributed by atoms with Crippen LogP contribution in [0.25, 0.3) is 0 Å². The first-order chi connectivity index (χ1) is 5.25. The van der Waals surface area contributed by atoms with Crippen molar-refractivity contribution in [1.29, 1.82) is 0 Å². The van der Waals surface area contributed by atoms with Crippen LogP contribution in [0.4, 0.5) is 0 Å². The lowest BCUT2D eigenvalue weighted by atomic mass is 9.83. The van der Waals surface area contributed by atoms with Gasteiger partial charge in [0.15, 0.2) is 0 Å². The molecule has 3 heteroatoms. The number of hydrogen-bond acceptors (Lipinski definition) is 2. The van der Waals surface area contributed by atoms with Crippen molar-refractivity contribution in [2.45, 2.75) is 31.0 Å². The van der Waals surface area contributed by atoms with Crippen LogP contribution < -0.4 is 0 Å². The molecular formula is C8H13BrO2. The fourth-order valence-corrected chi connectivity index (χ4v) is 1.81. The lowest BCUT2D eigenvalue weighted by Crippen LogP contribution is -2.30. The number of halogens is 1. The van der Waals surface area contributed by atoms with E-state index in [9.17, 15) is 4.79 Å². The highest BCUT2D eigenvalue weighted by Crippen LogP contribution is 2.33. The highest BCUT2D eigenvalue weighted by molar-refractivity contribution is 9.10. The number of esters is 1. The predicted molar refractivity (Wildman–Crippen MR) is 46.7 cm³/mol. The summed E-state index contributed by atoms with van der Waals surface area (Å²) in [5.41, 5.74) is 0. The van der Waals surface area contributed by atoms with E-state index in [-0.39, 0.29) is 10.8 Å². The minimum absolute atomic E-state index is 0.0591. The Hall–Kier alpha value is -0.0500. The zero-order chi connectivity index (χ0) is 8.27. The number of hydrogen-bond donors (Lipinski definition) is 0. The Kier molecular flexibility index (Phi) is 3.37. The summed E-state index contributed by atoms with van der Waals surface area (Å²) < 4.78 is 4.87. The van der Waals surface area contributed by atoms with E-state index in [0.717, 1.165) is 12.8 Å². The summed E-state index contributed by atoms with van der Waals surface area (Å²) in [6.45, 7) is 2.31. The molecule has 11 heavy (non-hydrogen) atoms. The van der Waals surface area contributed by atoms with Crippen molar-refractivity contribution in [3.05, 3.63) is 0 Å². The molecule has 0 aromatic heterocycles. The molecule has 0 spiro atoms. The van der Waals surface area contributed by atoms with Gasteiger partial charge in [-0.25, -0.2) is 0 Å². The van der Waals surface area contributed by atoms with Gasteiger partial charge < -0.3 is 4.74 Å². The average Bonchev–Trinajstić information content (AvgIpc) is 1.84. The third-order valence-corrected chi connectivity index (χ3v) is 3.20. The van der Waals surface area contributed by atoms with Gasteiger partial charge in [0.25, 0.3) is 0 Å². The van der Waals surface area contributed by atoms with Crippen LogP contribution in [0.3, 0.4) is 0 Å².